The van der Waals surface area contributed by atoms with Gasteiger partial charge in [0.25, 0.3) is 0 Å². The molecule has 16 heavy (non-hydrogen) atoms. The minimum atomic E-state index is -3.26. The van der Waals surface area contributed by atoms with E-state index in [4.69, 9.17) is 5.73 Å². The third kappa shape index (κ3) is 2.01. The van der Waals surface area contributed by atoms with Crippen molar-refractivity contribution >= 4 is 27.6 Å². The van der Waals surface area contributed by atoms with Crippen LogP contribution >= 0.6 is 0 Å². The lowest BCUT2D eigenvalue weighted by atomic mass is 10.2. The van der Waals surface area contributed by atoms with E-state index in [1.165, 1.54) is 10.6 Å². The number of aliphatic imine (C=N–C) groups is 1. The third-order valence-electron chi connectivity index (χ3n) is 2.38. The van der Waals surface area contributed by atoms with E-state index < -0.39 is 10.0 Å². The molecule has 0 amide bonds. The molecule has 0 spiro atoms. The molecule has 0 aromatic heterocycles. The van der Waals surface area contributed by atoms with E-state index in [1.54, 1.807) is 24.4 Å². The highest BCUT2D eigenvalue weighted by Gasteiger charge is 2.20. The summed E-state index contributed by atoms with van der Waals surface area (Å²) in [7, 11) is -3.26. The molecule has 1 heterocycles. The standard InChI is InChI=1S/C10H13N3O2S/c1-16(14,15)13-5-4-12-7-8-6-9(11)2-3-10(8)13/h2-3,6-7H,4-5,11H2,1H3. The van der Waals surface area contributed by atoms with Crippen LogP contribution in [0.3, 0.4) is 0 Å². The molecular weight excluding hydrogens is 226 g/mol. The fraction of sp³-hybridized carbons (Fsp3) is 0.300. The van der Waals surface area contributed by atoms with Gasteiger partial charge < -0.3 is 5.73 Å². The van der Waals surface area contributed by atoms with Gasteiger partial charge >= 0.3 is 0 Å². The van der Waals surface area contributed by atoms with Crippen molar-refractivity contribution < 1.29 is 8.42 Å². The molecule has 86 valence electrons. The molecular formula is C10H13N3O2S. The van der Waals surface area contributed by atoms with Crippen LogP contribution in [0.1, 0.15) is 5.56 Å². The number of anilines is 2. The molecule has 0 bridgehead atoms. The number of nitrogens with zero attached hydrogens (tertiary/aromatic N) is 2. The van der Waals surface area contributed by atoms with Gasteiger partial charge in [-0.3, -0.25) is 9.30 Å². The molecule has 0 aliphatic carbocycles. The molecule has 1 aromatic rings. The lowest BCUT2D eigenvalue weighted by molar-refractivity contribution is 0.597. The second-order valence-electron chi connectivity index (χ2n) is 3.69. The maximum atomic E-state index is 11.6. The van der Waals surface area contributed by atoms with Crippen molar-refractivity contribution in [1.29, 1.82) is 0 Å². The minimum absolute atomic E-state index is 0.367. The first-order valence-electron chi connectivity index (χ1n) is 4.85. The highest BCUT2D eigenvalue weighted by atomic mass is 32.2. The number of nitrogens with two attached hydrogens (primary N) is 1. The maximum Gasteiger partial charge on any atom is 0.232 e. The van der Waals surface area contributed by atoms with Crippen LogP contribution in [-0.2, 0) is 10.0 Å². The fourth-order valence-corrected chi connectivity index (χ4v) is 2.62. The summed E-state index contributed by atoms with van der Waals surface area (Å²) in [5.74, 6) is 0. The number of nitrogen functional groups attached to an aromatic ring is 1. The van der Waals surface area contributed by atoms with Gasteiger partial charge in [-0.05, 0) is 18.2 Å². The maximum absolute atomic E-state index is 11.6. The molecule has 0 radical (unpaired) electrons. The van der Waals surface area contributed by atoms with E-state index in [2.05, 4.69) is 4.99 Å². The lowest BCUT2D eigenvalue weighted by Gasteiger charge is -2.21. The molecule has 5 nitrogen and oxygen atoms in total. The van der Waals surface area contributed by atoms with Crippen molar-refractivity contribution in [2.75, 3.05) is 29.4 Å². The molecule has 1 aromatic carbocycles. The fourth-order valence-electron chi connectivity index (χ4n) is 1.68. The lowest BCUT2D eigenvalue weighted by Crippen LogP contribution is -2.32. The quantitative estimate of drug-likeness (QED) is 0.724. The van der Waals surface area contributed by atoms with Crippen molar-refractivity contribution in [2.24, 2.45) is 4.99 Å². The van der Waals surface area contributed by atoms with Crippen LogP contribution in [0.15, 0.2) is 23.2 Å². The van der Waals surface area contributed by atoms with Crippen LogP contribution in [0.2, 0.25) is 0 Å². The molecule has 1 aliphatic heterocycles. The SMILES string of the molecule is CS(=O)(=O)N1CCN=Cc2cc(N)ccc21. The van der Waals surface area contributed by atoms with E-state index in [9.17, 15) is 8.42 Å². The Hall–Kier alpha value is -1.56. The normalized spacial score (nSPS) is 15.7. The number of rotatable bonds is 1. The monoisotopic (exact) mass is 239 g/mol. The molecule has 0 fully saturated rings. The van der Waals surface area contributed by atoms with Crippen LogP contribution in [0.25, 0.3) is 0 Å². The molecule has 0 unspecified atom stereocenters. The van der Waals surface area contributed by atoms with Gasteiger partial charge in [-0.1, -0.05) is 0 Å². The van der Waals surface area contributed by atoms with E-state index in [0.717, 1.165) is 5.56 Å². The largest absolute Gasteiger partial charge is 0.399 e. The summed E-state index contributed by atoms with van der Waals surface area (Å²) in [6.45, 7) is 0.827. The third-order valence-corrected chi connectivity index (χ3v) is 3.56. The number of benzodiazepines with no additional fused rings is 1. The topological polar surface area (TPSA) is 75.8 Å². The number of benzene rings is 1. The summed E-state index contributed by atoms with van der Waals surface area (Å²) in [4.78, 5) is 4.13. The molecule has 0 atom stereocenters. The zero-order valence-electron chi connectivity index (χ0n) is 8.92. The smallest absolute Gasteiger partial charge is 0.232 e. The number of sulfonamides is 1. The van der Waals surface area contributed by atoms with Gasteiger partial charge in [0, 0.05) is 17.5 Å². The van der Waals surface area contributed by atoms with Crippen molar-refractivity contribution in [3.8, 4) is 0 Å². The van der Waals surface area contributed by atoms with Gasteiger partial charge in [0.05, 0.1) is 25.0 Å². The summed E-state index contributed by atoms with van der Waals surface area (Å²) < 4.78 is 24.6. The summed E-state index contributed by atoms with van der Waals surface area (Å²) in [5, 5.41) is 0. The van der Waals surface area contributed by atoms with Gasteiger partial charge in [-0.15, -0.1) is 0 Å². The summed E-state index contributed by atoms with van der Waals surface area (Å²) >= 11 is 0. The van der Waals surface area contributed by atoms with Crippen molar-refractivity contribution in [1.82, 2.24) is 0 Å². The summed E-state index contributed by atoms with van der Waals surface area (Å²) in [6, 6.07) is 5.13. The predicted octanol–water partition coefficient (Wildman–Crippen LogP) is 0.467. The average molecular weight is 239 g/mol. The van der Waals surface area contributed by atoms with Crippen LogP contribution < -0.4 is 10.0 Å². The van der Waals surface area contributed by atoms with Crippen LogP contribution in [0.4, 0.5) is 11.4 Å². The Morgan fingerprint density at radius 1 is 1.44 bits per heavy atom. The van der Waals surface area contributed by atoms with Gasteiger partial charge in [-0.2, -0.15) is 0 Å². The van der Waals surface area contributed by atoms with Crippen LogP contribution in [0.5, 0.6) is 0 Å². The second kappa shape index (κ2) is 3.79. The van der Waals surface area contributed by atoms with E-state index in [0.29, 0.717) is 24.5 Å². The average Bonchev–Trinajstić information content (AvgIpc) is 2.38. The highest BCUT2D eigenvalue weighted by Crippen LogP contribution is 2.25. The first-order chi connectivity index (χ1) is 7.48. The molecule has 2 rings (SSSR count). The van der Waals surface area contributed by atoms with Crippen molar-refractivity contribution in [3.63, 3.8) is 0 Å². The number of fused-ring (bicyclic) bond motifs is 1. The molecule has 0 saturated heterocycles. The molecule has 0 saturated carbocycles. The molecule has 2 N–H and O–H groups in total. The Morgan fingerprint density at radius 3 is 2.88 bits per heavy atom. The Kier molecular flexibility index (Phi) is 2.59. The van der Waals surface area contributed by atoms with Crippen LogP contribution in [-0.4, -0.2) is 34.0 Å². The minimum Gasteiger partial charge on any atom is -0.399 e. The van der Waals surface area contributed by atoms with Gasteiger partial charge in [0.15, 0.2) is 0 Å². The van der Waals surface area contributed by atoms with E-state index >= 15 is 0 Å². The van der Waals surface area contributed by atoms with Crippen molar-refractivity contribution in [3.05, 3.63) is 23.8 Å². The van der Waals surface area contributed by atoms with Gasteiger partial charge in [0.2, 0.25) is 10.0 Å². The summed E-state index contributed by atoms with van der Waals surface area (Å²) in [5.41, 5.74) is 7.63. The number of hydrogen-bond donors (Lipinski definition) is 1. The first-order valence-corrected chi connectivity index (χ1v) is 6.70. The van der Waals surface area contributed by atoms with Gasteiger partial charge in [0.1, 0.15) is 0 Å². The Labute approximate surface area is 94.6 Å². The van der Waals surface area contributed by atoms with E-state index in [1.807, 2.05) is 0 Å². The zero-order valence-corrected chi connectivity index (χ0v) is 9.74. The Morgan fingerprint density at radius 2 is 2.19 bits per heavy atom. The highest BCUT2D eigenvalue weighted by molar-refractivity contribution is 7.92. The first kappa shape index (κ1) is 10.9. The second-order valence-corrected chi connectivity index (χ2v) is 5.60. The van der Waals surface area contributed by atoms with Crippen LogP contribution in [0, 0.1) is 0 Å². The van der Waals surface area contributed by atoms with Crippen molar-refractivity contribution in [2.45, 2.75) is 0 Å². The van der Waals surface area contributed by atoms with Gasteiger partial charge in [-0.25, -0.2) is 8.42 Å². The molecule has 1 aliphatic rings. The Bertz CT molecular complexity index is 537. The predicted molar refractivity (Wildman–Crippen MR) is 65.5 cm³/mol. The Balaban J connectivity index is 2.59. The zero-order chi connectivity index (χ0) is 11.8. The van der Waals surface area contributed by atoms with E-state index in [-0.39, 0.29) is 0 Å². The molecule has 6 heteroatoms. The number of hydrogen-bond acceptors (Lipinski definition) is 4. The summed E-state index contributed by atoms with van der Waals surface area (Å²) in [6.07, 6.45) is 2.86.